The summed E-state index contributed by atoms with van der Waals surface area (Å²) in [5.41, 5.74) is 2.84. The maximum Gasteiger partial charge on any atom is 0.162 e. The standard InChI is InChI=1S/C21H24N6O2S/c1-13(28)12-26(2)18-10-17-19(30-18)21(27-6-8-29-9-7-27)24-20(23-17)14-4-3-5-16-15(14)11-22-25-16/h3-5,10-11,13,28H,6-9,12H2,1-2H3,(H,22,25)/t13-/m0/s1. The van der Waals surface area contributed by atoms with E-state index in [1.165, 1.54) is 0 Å². The molecule has 2 N–H and O–H groups in total. The van der Waals surface area contributed by atoms with Crippen LogP contribution in [0.2, 0.25) is 0 Å². The zero-order valence-electron chi connectivity index (χ0n) is 17.0. The summed E-state index contributed by atoms with van der Waals surface area (Å²) in [6, 6.07) is 8.12. The largest absolute Gasteiger partial charge is 0.392 e. The highest BCUT2D eigenvalue weighted by Crippen LogP contribution is 2.39. The second kappa shape index (κ2) is 7.82. The molecule has 0 radical (unpaired) electrons. The van der Waals surface area contributed by atoms with Gasteiger partial charge in [-0.3, -0.25) is 5.10 Å². The van der Waals surface area contributed by atoms with Gasteiger partial charge in [-0.05, 0) is 19.1 Å². The lowest BCUT2D eigenvalue weighted by molar-refractivity contribution is 0.122. The molecule has 1 saturated heterocycles. The van der Waals surface area contributed by atoms with Gasteiger partial charge in [0.15, 0.2) is 11.6 Å². The highest BCUT2D eigenvalue weighted by molar-refractivity contribution is 7.23. The number of hydrogen-bond acceptors (Lipinski definition) is 8. The van der Waals surface area contributed by atoms with Gasteiger partial charge in [0.25, 0.3) is 0 Å². The van der Waals surface area contributed by atoms with Crippen LogP contribution in [0.25, 0.3) is 32.5 Å². The Morgan fingerprint density at radius 3 is 2.93 bits per heavy atom. The Balaban J connectivity index is 1.67. The molecule has 0 spiro atoms. The quantitative estimate of drug-likeness (QED) is 0.509. The number of aromatic nitrogens is 4. The van der Waals surface area contributed by atoms with E-state index in [2.05, 4.69) is 26.1 Å². The number of hydrogen-bond donors (Lipinski definition) is 2. The number of nitrogens with zero attached hydrogens (tertiary/aromatic N) is 5. The predicted molar refractivity (Wildman–Crippen MR) is 120 cm³/mol. The second-order valence-corrected chi connectivity index (χ2v) is 8.67. The van der Waals surface area contributed by atoms with Crippen LogP contribution in [0, 0.1) is 0 Å². The number of nitrogens with one attached hydrogen (secondary N) is 1. The number of benzene rings is 1. The molecule has 3 aromatic heterocycles. The van der Waals surface area contributed by atoms with Gasteiger partial charge in [-0.2, -0.15) is 5.10 Å². The fourth-order valence-electron chi connectivity index (χ4n) is 3.85. The topological polar surface area (TPSA) is 90.4 Å². The molecule has 1 atom stereocenters. The summed E-state index contributed by atoms with van der Waals surface area (Å²) in [4.78, 5) is 14.3. The number of thiophene rings is 1. The minimum Gasteiger partial charge on any atom is -0.392 e. The molecule has 30 heavy (non-hydrogen) atoms. The number of fused-ring (bicyclic) bond motifs is 2. The van der Waals surface area contributed by atoms with Crippen molar-refractivity contribution < 1.29 is 9.84 Å². The first-order chi connectivity index (χ1) is 14.6. The molecule has 156 valence electrons. The van der Waals surface area contributed by atoms with E-state index in [0.29, 0.717) is 25.6 Å². The number of aliphatic hydroxyl groups excluding tert-OH is 1. The van der Waals surface area contributed by atoms with Gasteiger partial charge in [0, 0.05) is 37.6 Å². The minimum absolute atomic E-state index is 0.403. The fourth-order valence-corrected chi connectivity index (χ4v) is 4.93. The molecular formula is C21H24N6O2S. The zero-order chi connectivity index (χ0) is 20.7. The fraction of sp³-hybridized carbons (Fsp3) is 0.381. The molecule has 4 heterocycles. The molecule has 8 nitrogen and oxygen atoms in total. The van der Waals surface area contributed by atoms with Crippen molar-refractivity contribution in [2.75, 3.05) is 49.7 Å². The van der Waals surface area contributed by atoms with Crippen LogP contribution >= 0.6 is 11.3 Å². The molecule has 0 bridgehead atoms. The van der Waals surface area contributed by atoms with E-state index in [1.54, 1.807) is 18.3 Å². The van der Waals surface area contributed by atoms with E-state index in [0.717, 1.165) is 50.6 Å². The Hall–Kier alpha value is -2.75. The molecular weight excluding hydrogens is 400 g/mol. The van der Waals surface area contributed by atoms with E-state index in [-0.39, 0.29) is 0 Å². The van der Waals surface area contributed by atoms with Crippen molar-refractivity contribution in [3.8, 4) is 11.4 Å². The van der Waals surface area contributed by atoms with Crippen LogP contribution in [-0.4, -0.2) is 71.3 Å². The normalized spacial score (nSPS) is 15.8. The van der Waals surface area contributed by atoms with Crippen LogP contribution < -0.4 is 9.80 Å². The van der Waals surface area contributed by atoms with Crippen molar-refractivity contribution in [2.24, 2.45) is 0 Å². The van der Waals surface area contributed by atoms with Gasteiger partial charge in [-0.15, -0.1) is 11.3 Å². The van der Waals surface area contributed by atoms with E-state index in [1.807, 2.05) is 31.4 Å². The summed E-state index contributed by atoms with van der Waals surface area (Å²) >= 11 is 1.67. The molecule has 0 amide bonds. The van der Waals surface area contributed by atoms with E-state index in [9.17, 15) is 5.11 Å². The molecule has 1 aromatic carbocycles. The molecule has 5 rings (SSSR count). The van der Waals surface area contributed by atoms with Gasteiger partial charge >= 0.3 is 0 Å². The number of H-pyrrole nitrogens is 1. The van der Waals surface area contributed by atoms with Gasteiger partial charge in [-0.25, -0.2) is 9.97 Å². The number of anilines is 2. The van der Waals surface area contributed by atoms with Crippen molar-refractivity contribution in [3.63, 3.8) is 0 Å². The van der Waals surface area contributed by atoms with Gasteiger partial charge in [0.05, 0.1) is 46.2 Å². The SMILES string of the molecule is C[C@H](O)CN(C)c1cc2nc(-c3cccc4[nH]ncc34)nc(N3CCOCC3)c2s1. The van der Waals surface area contributed by atoms with E-state index < -0.39 is 6.10 Å². The van der Waals surface area contributed by atoms with Crippen molar-refractivity contribution in [3.05, 3.63) is 30.5 Å². The van der Waals surface area contributed by atoms with Gasteiger partial charge in [0.2, 0.25) is 0 Å². The lowest BCUT2D eigenvalue weighted by Crippen LogP contribution is -2.36. The Morgan fingerprint density at radius 2 is 2.13 bits per heavy atom. The van der Waals surface area contributed by atoms with Gasteiger partial charge in [-0.1, -0.05) is 12.1 Å². The summed E-state index contributed by atoms with van der Waals surface area (Å²) < 4.78 is 6.61. The van der Waals surface area contributed by atoms with Crippen LogP contribution in [0.3, 0.4) is 0 Å². The number of morpholine rings is 1. The molecule has 0 aliphatic carbocycles. The van der Waals surface area contributed by atoms with Crippen LogP contribution in [0.5, 0.6) is 0 Å². The number of aromatic amines is 1. The van der Waals surface area contributed by atoms with Crippen LogP contribution in [0.15, 0.2) is 30.5 Å². The Bertz CT molecular complexity index is 1180. The molecule has 1 aliphatic heterocycles. The monoisotopic (exact) mass is 424 g/mol. The third-order valence-electron chi connectivity index (χ3n) is 5.29. The lowest BCUT2D eigenvalue weighted by atomic mass is 10.1. The minimum atomic E-state index is -0.403. The number of rotatable bonds is 5. The van der Waals surface area contributed by atoms with E-state index in [4.69, 9.17) is 14.7 Å². The average Bonchev–Trinajstić information content (AvgIpc) is 3.40. The third kappa shape index (κ3) is 3.49. The number of ether oxygens (including phenoxy) is 1. The van der Waals surface area contributed by atoms with Crippen molar-refractivity contribution in [2.45, 2.75) is 13.0 Å². The van der Waals surface area contributed by atoms with Crippen LogP contribution in [0.4, 0.5) is 10.8 Å². The van der Waals surface area contributed by atoms with Crippen molar-refractivity contribution >= 4 is 43.3 Å². The first-order valence-corrected chi connectivity index (χ1v) is 10.9. The maximum absolute atomic E-state index is 9.79. The van der Waals surface area contributed by atoms with Crippen molar-refractivity contribution in [1.29, 1.82) is 0 Å². The predicted octanol–water partition coefficient (Wildman–Crippen LogP) is 2.89. The Morgan fingerprint density at radius 1 is 1.30 bits per heavy atom. The summed E-state index contributed by atoms with van der Waals surface area (Å²) in [5, 5.41) is 19.1. The smallest absolute Gasteiger partial charge is 0.162 e. The van der Waals surface area contributed by atoms with Gasteiger partial charge in [0.1, 0.15) is 0 Å². The highest BCUT2D eigenvalue weighted by atomic mass is 32.1. The van der Waals surface area contributed by atoms with Gasteiger partial charge < -0.3 is 19.6 Å². The third-order valence-corrected chi connectivity index (χ3v) is 6.53. The molecule has 0 saturated carbocycles. The summed E-state index contributed by atoms with van der Waals surface area (Å²) in [5.74, 6) is 1.64. The first-order valence-electron chi connectivity index (χ1n) is 10.1. The summed E-state index contributed by atoms with van der Waals surface area (Å²) in [7, 11) is 1.99. The highest BCUT2D eigenvalue weighted by Gasteiger charge is 2.22. The Kier molecular flexibility index (Phi) is 5.01. The molecule has 9 heteroatoms. The molecule has 0 unspecified atom stereocenters. The number of aliphatic hydroxyl groups is 1. The molecule has 1 aliphatic rings. The van der Waals surface area contributed by atoms with Crippen LogP contribution in [0.1, 0.15) is 6.92 Å². The Labute approximate surface area is 178 Å². The lowest BCUT2D eigenvalue weighted by Gasteiger charge is -2.28. The molecule has 1 fully saturated rings. The number of likely N-dealkylation sites (N-methyl/N-ethyl adjacent to an activating group) is 1. The average molecular weight is 425 g/mol. The zero-order valence-corrected chi connectivity index (χ0v) is 17.8. The molecule has 4 aromatic rings. The first kappa shape index (κ1) is 19.2. The maximum atomic E-state index is 9.79. The van der Waals surface area contributed by atoms with Crippen molar-refractivity contribution in [1.82, 2.24) is 20.2 Å². The van der Waals surface area contributed by atoms with Crippen LogP contribution in [-0.2, 0) is 4.74 Å². The summed E-state index contributed by atoms with van der Waals surface area (Å²) in [6.45, 7) is 5.35. The van der Waals surface area contributed by atoms with E-state index >= 15 is 0 Å². The second-order valence-electron chi connectivity index (χ2n) is 7.64. The summed E-state index contributed by atoms with van der Waals surface area (Å²) in [6.07, 6.45) is 1.42.